The number of carbonyl (C=O) groups excluding carboxylic acids is 1. The van der Waals surface area contributed by atoms with Crippen molar-refractivity contribution in [3.63, 3.8) is 0 Å². The van der Waals surface area contributed by atoms with E-state index in [0.717, 1.165) is 18.4 Å². The molecule has 0 radical (unpaired) electrons. The van der Waals surface area contributed by atoms with Gasteiger partial charge in [0.25, 0.3) is 0 Å². The van der Waals surface area contributed by atoms with Crippen LogP contribution in [-0.2, 0) is 11.2 Å². The highest BCUT2D eigenvalue weighted by Crippen LogP contribution is 2.30. The number of aliphatic carboxylic acids is 1. The number of carboxylic acid groups (broad SMARTS) is 1. The SMILES string of the molecule is CCCc1cccc2c1N=C(C(=O)O)CC2=O. The van der Waals surface area contributed by atoms with E-state index in [1.165, 1.54) is 0 Å². The normalized spacial score (nSPS) is 14.2. The Kier molecular flexibility index (Phi) is 3.04. The molecule has 1 heterocycles. The number of fused-ring (bicyclic) bond motifs is 1. The molecule has 1 aromatic rings. The number of aryl methyl sites for hydroxylation is 1. The van der Waals surface area contributed by atoms with Gasteiger partial charge in [-0.25, -0.2) is 9.79 Å². The molecule has 0 saturated carbocycles. The second-order valence-corrected chi connectivity index (χ2v) is 4.03. The van der Waals surface area contributed by atoms with Crippen LogP contribution in [0, 0.1) is 0 Å². The van der Waals surface area contributed by atoms with Crippen molar-refractivity contribution in [2.75, 3.05) is 0 Å². The fourth-order valence-corrected chi connectivity index (χ4v) is 1.96. The van der Waals surface area contributed by atoms with Crippen LogP contribution in [0.15, 0.2) is 23.2 Å². The van der Waals surface area contributed by atoms with Crippen LogP contribution in [-0.4, -0.2) is 22.6 Å². The lowest BCUT2D eigenvalue weighted by Gasteiger charge is -2.15. The Morgan fingerprint density at radius 1 is 1.47 bits per heavy atom. The molecule has 0 aliphatic carbocycles. The molecule has 1 aliphatic heterocycles. The smallest absolute Gasteiger partial charge is 0.350 e. The van der Waals surface area contributed by atoms with Gasteiger partial charge < -0.3 is 5.11 Å². The lowest BCUT2D eigenvalue weighted by molar-refractivity contribution is -0.129. The van der Waals surface area contributed by atoms with Crippen molar-refractivity contribution in [1.82, 2.24) is 0 Å². The first-order chi connectivity index (χ1) is 8.13. The summed E-state index contributed by atoms with van der Waals surface area (Å²) in [7, 11) is 0. The highest BCUT2D eigenvalue weighted by molar-refractivity contribution is 6.42. The third-order valence-electron chi connectivity index (χ3n) is 2.76. The van der Waals surface area contributed by atoms with Gasteiger partial charge in [0.05, 0.1) is 12.1 Å². The number of hydrogen-bond donors (Lipinski definition) is 1. The number of rotatable bonds is 3. The Bertz CT molecular complexity index is 517. The number of carboxylic acids is 1. The lowest BCUT2D eigenvalue weighted by atomic mass is 9.95. The van der Waals surface area contributed by atoms with Crippen LogP contribution < -0.4 is 0 Å². The molecule has 17 heavy (non-hydrogen) atoms. The van der Waals surface area contributed by atoms with Gasteiger partial charge in [-0.1, -0.05) is 25.5 Å². The quantitative estimate of drug-likeness (QED) is 0.868. The maximum atomic E-state index is 11.8. The number of carbonyl (C=O) groups is 2. The van der Waals surface area contributed by atoms with Crippen LogP contribution in [0.25, 0.3) is 0 Å². The van der Waals surface area contributed by atoms with Gasteiger partial charge in [0, 0.05) is 5.56 Å². The van der Waals surface area contributed by atoms with Crippen LogP contribution in [0.5, 0.6) is 0 Å². The molecule has 0 aromatic heterocycles. The molecular weight excluding hydrogens is 218 g/mol. The van der Waals surface area contributed by atoms with Crippen molar-refractivity contribution >= 4 is 23.2 Å². The number of Topliss-reactive ketones (excluding diaryl/α,β-unsaturated/α-hetero) is 1. The van der Waals surface area contributed by atoms with E-state index >= 15 is 0 Å². The maximum absolute atomic E-state index is 11.8. The molecule has 1 aromatic carbocycles. The van der Waals surface area contributed by atoms with E-state index in [1.54, 1.807) is 6.07 Å². The first-order valence-corrected chi connectivity index (χ1v) is 5.59. The molecule has 0 unspecified atom stereocenters. The highest BCUT2D eigenvalue weighted by atomic mass is 16.4. The summed E-state index contributed by atoms with van der Waals surface area (Å²) in [5, 5.41) is 8.92. The Labute approximate surface area is 99.0 Å². The van der Waals surface area contributed by atoms with Crippen molar-refractivity contribution in [3.8, 4) is 0 Å². The predicted molar refractivity (Wildman–Crippen MR) is 64.1 cm³/mol. The number of aliphatic imine (C=N–C) groups is 1. The average Bonchev–Trinajstić information content (AvgIpc) is 2.30. The maximum Gasteiger partial charge on any atom is 0.350 e. The van der Waals surface area contributed by atoms with Gasteiger partial charge in [0.2, 0.25) is 0 Å². The Morgan fingerprint density at radius 3 is 2.88 bits per heavy atom. The van der Waals surface area contributed by atoms with E-state index in [9.17, 15) is 9.59 Å². The number of benzene rings is 1. The minimum Gasteiger partial charge on any atom is -0.477 e. The monoisotopic (exact) mass is 231 g/mol. The molecule has 2 rings (SSSR count). The molecule has 0 bridgehead atoms. The minimum absolute atomic E-state index is 0.0638. The molecule has 1 N–H and O–H groups in total. The summed E-state index contributed by atoms with van der Waals surface area (Å²) in [6, 6.07) is 5.42. The zero-order valence-electron chi connectivity index (χ0n) is 9.56. The summed E-state index contributed by atoms with van der Waals surface area (Å²) < 4.78 is 0. The summed E-state index contributed by atoms with van der Waals surface area (Å²) >= 11 is 0. The molecule has 0 amide bonds. The topological polar surface area (TPSA) is 66.7 Å². The van der Waals surface area contributed by atoms with Crippen molar-refractivity contribution < 1.29 is 14.7 Å². The van der Waals surface area contributed by atoms with Crippen molar-refractivity contribution in [2.24, 2.45) is 4.99 Å². The van der Waals surface area contributed by atoms with Gasteiger partial charge >= 0.3 is 5.97 Å². The fourth-order valence-electron chi connectivity index (χ4n) is 1.96. The minimum atomic E-state index is -1.12. The van der Waals surface area contributed by atoms with Crippen molar-refractivity contribution in [3.05, 3.63) is 29.3 Å². The van der Waals surface area contributed by atoms with Crippen molar-refractivity contribution in [2.45, 2.75) is 26.2 Å². The summed E-state index contributed by atoms with van der Waals surface area (Å²) in [5.41, 5.74) is 1.96. The molecule has 4 nitrogen and oxygen atoms in total. The highest BCUT2D eigenvalue weighted by Gasteiger charge is 2.25. The molecule has 88 valence electrons. The van der Waals surface area contributed by atoms with E-state index in [4.69, 9.17) is 5.11 Å². The zero-order valence-corrected chi connectivity index (χ0v) is 9.56. The third-order valence-corrected chi connectivity index (χ3v) is 2.76. The Hall–Kier alpha value is -1.97. The molecule has 0 spiro atoms. The zero-order chi connectivity index (χ0) is 12.4. The van der Waals surface area contributed by atoms with Gasteiger partial charge in [-0.05, 0) is 18.1 Å². The van der Waals surface area contributed by atoms with Gasteiger partial charge in [-0.3, -0.25) is 4.79 Å². The van der Waals surface area contributed by atoms with E-state index in [-0.39, 0.29) is 17.9 Å². The van der Waals surface area contributed by atoms with Crippen LogP contribution in [0.1, 0.15) is 35.7 Å². The van der Waals surface area contributed by atoms with E-state index in [1.807, 2.05) is 19.1 Å². The van der Waals surface area contributed by atoms with E-state index in [0.29, 0.717) is 11.3 Å². The number of para-hydroxylation sites is 1. The van der Waals surface area contributed by atoms with Crippen molar-refractivity contribution in [1.29, 1.82) is 0 Å². The second kappa shape index (κ2) is 4.49. The number of nitrogens with zero attached hydrogens (tertiary/aromatic N) is 1. The van der Waals surface area contributed by atoms with Gasteiger partial charge in [0.15, 0.2) is 5.78 Å². The predicted octanol–water partition coefficient (Wildman–Crippen LogP) is 2.38. The summed E-state index contributed by atoms with van der Waals surface area (Å²) in [6.45, 7) is 2.03. The second-order valence-electron chi connectivity index (χ2n) is 4.03. The lowest BCUT2D eigenvalue weighted by Crippen LogP contribution is -2.21. The van der Waals surface area contributed by atoms with Gasteiger partial charge in [-0.15, -0.1) is 0 Å². The molecule has 1 aliphatic rings. The standard InChI is InChI=1S/C13H13NO3/c1-2-4-8-5-3-6-9-11(15)7-10(13(16)17)14-12(8)9/h3,5-6H,2,4,7H2,1H3,(H,16,17). The molecule has 0 fully saturated rings. The Balaban J connectivity index is 2.56. The molecule has 0 atom stereocenters. The number of ketones is 1. The fraction of sp³-hybridized carbons (Fsp3) is 0.308. The van der Waals surface area contributed by atoms with Gasteiger partial charge in [-0.2, -0.15) is 0 Å². The molecule has 4 heteroatoms. The van der Waals surface area contributed by atoms with Gasteiger partial charge in [0.1, 0.15) is 5.71 Å². The summed E-state index contributed by atoms with van der Waals surface area (Å²) in [5.74, 6) is -1.28. The first-order valence-electron chi connectivity index (χ1n) is 5.59. The third kappa shape index (κ3) is 2.11. The summed E-state index contributed by atoms with van der Waals surface area (Å²) in [4.78, 5) is 26.8. The van der Waals surface area contributed by atoms with E-state index < -0.39 is 5.97 Å². The number of hydrogen-bond acceptors (Lipinski definition) is 3. The van der Waals surface area contributed by atoms with Crippen LogP contribution in [0.2, 0.25) is 0 Å². The van der Waals surface area contributed by atoms with Crippen LogP contribution in [0.3, 0.4) is 0 Å². The molecular formula is C13H13NO3. The molecule has 0 saturated heterocycles. The van der Waals surface area contributed by atoms with Crippen LogP contribution in [0.4, 0.5) is 5.69 Å². The van der Waals surface area contributed by atoms with E-state index in [2.05, 4.69) is 4.99 Å². The largest absolute Gasteiger partial charge is 0.477 e. The Morgan fingerprint density at radius 2 is 2.24 bits per heavy atom. The average molecular weight is 231 g/mol. The van der Waals surface area contributed by atoms with Crippen LogP contribution >= 0.6 is 0 Å². The summed E-state index contributed by atoms with van der Waals surface area (Å²) in [6.07, 6.45) is 1.62. The first kappa shape index (κ1) is 11.5.